The maximum Gasteiger partial charge on any atom is 0.408 e. The Labute approximate surface area is 89.5 Å². The Morgan fingerprint density at radius 2 is 1.69 bits per heavy atom. The monoisotopic (exact) mass is 239 g/mol. The zero-order chi connectivity index (χ0) is 12.5. The molecule has 0 amide bonds. The third-order valence-electron chi connectivity index (χ3n) is 2.08. The van der Waals surface area contributed by atoms with Crippen LogP contribution in [0.15, 0.2) is 18.2 Å². The van der Waals surface area contributed by atoms with Gasteiger partial charge in [0.2, 0.25) is 0 Å². The van der Waals surface area contributed by atoms with Crippen LogP contribution in [0, 0.1) is 11.6 Å². The smallest absolute Gasteiger partial charge is 0.295 e. The van der Waals surface area contributed by atoms with Crippen molar-refractivity contribution < 1.29 is 22.0 Å². The Kier molecular flexibility index (Phi) is 3.52. The topological polar surface area (TPSA) is 3.24 Å². The summed E-state index contributed by atoms with van der Waals surface area (Å²) in [6, 6.07) is -0.0192. The second kappa shape index (κ2) is 4.37. The van der Waals surface area contributed by atoms with Crippen LogP contribution < -0.4 is 0 Å². The molecule has 0 aromatic heterocycles. The molecule has 1 aromatic rings. The van der Waals surface area contributed by atoms with Crippen LogP contribution in [-0.2, 0) is 0 Å². The first-order valence-electron chi connectivity index (χ1n) is 4.41. The van der Waals surface area contributed by atoms with Crippen LogP contribution in [0.2, 0.25) is 0 Å². The first-order chi connectivity index (χ1) is 7.23. The van der Waals surface area contributed by atoms with Crippen molar-refractivity contribution in [3.05, 3.63) is 35.4 Å². The van der Waals surface area contributed by atoms with Gasteiger partial charge in [-0.05, 0) is 20.2 Å². The summed E-state index contributed by atoms with van der Waals surface area (Å²) in [6.45, 7) is 0. The minimum atomic E-state index is -4.61. The molecular formula is C10H10F5N. The van der Waals surface area contributed by atoms with E-state index in [2.05, 4.69) is 0 Å². The fraction of sp³-hybridized carbons (Fsp3) is 0.400. The van der Waals surface area contributed by atoms with Crippen LogP contribution in [0.25, 0.3) is 0 Å². The molecule has 0 aliphatic carbocycles. The molecule has 0 spiro atoms. The number of hydrogen-bond acceptors (Lipinski definition) is 1. The molecule has 1 aromatic carbocycles. The maximum absolute atomic E-state index is 13.2. The Bertz CT molecular complexity index is 372. The van der Waals surface area contributed by atoms with Gasteiger partial charge in [0.05, 0.1) is 0 Å². The lowest BCUT2D eigenvalue weighted by atomic mass is 10.0. The van der Waals surface area contributed by atoms with Gasteiger partial charge in [-0.2, -0.15) is 13.2 Å². The zero-order valence-electron chi connectivity index (χ0n) is 8.65. The van der Waals surface area contributed by atoms with E-state index in [-0.39, 0.29) is 0 Å². The van der Waals surface area contributed by atoms with Crippen molar-refractivity contribution in [2.45, 2.75) is 12.2 Å². The molecule has 0 saturated carbocycles. The molecule has 0 N–H and O–H groups in total. The molecular weight excluding hydrogens is 229 g/mol. The van der Waals surface area contributed by atoms with Crippen molar-refractivity contribution in [3.8, 4) is 0 Å². The summed E-state index contributed by atoms with van der Waals surface area (Å²) >= 11 is 0. The minimum absolute atomic E-state index is 0.442. The first kappa shape index (κ1) is 12.9. The lowest BCUT2D eigenvalue weighted by Gasteiger charge is -2.27. The van der Waals surface area contributed by atoms with Crippen LogP contribution >= 0.6 is 0 Å². The second-order valence-electron chi connectivity index (χ2n) is 3.57. The van der Waals surface area contributed by atoms with E-state index in [0.717, 1.165) is 17.0 Å². The van der Waals surface area contributed by atoms with Gasteiger partial charge in [-0.3, -0.25) is 4.90 Å². The molecule has 1 nitrogen and oxygen atoms in total. The summed E-state index contributed by atoms with van der Waals surface area (Å²) < 4.78 is 63.7. The summed E-state index contributed by atoms with van der Waals surface area (Å²) in [5.41, 5.74) is -0.584. The van der Waals surface area contributed by atoms with Crippen LogP contribution in [0.5, 0.6) is 0 Å². The molecule has 0 aliphatic rings. The molecule has 0 radical (unpaired) electrons. The molecule has 6 heteroatoms. The first-order valence-corrected chi connectivity index (χ1v) is 4.41. The lowest BCUT2D eigenvalue weighted by molar-refractivity contribution is -0.180. The highest BCUT2D eigenvalue weighted by Gasteiger charge is 2.43. The quantitative estimate of drug-likeness (QED) is 0.717. The van der Waals surface area contributed by atoms with Crippen LogP contribution in [-0.4, -0.2) is 25.2 Å². The van der Waals surface area contributed by atoms with Crippen molar-refractivity contribution in [2.24, 2.45) is 0 Å². The molecule has 90 valence electrons. The van der Waals surface area contributed by atoms with Crippen LogP contribution in [0.3, 0.4) is 0 Å². The number of benzene rings is 1. The predicted molar refractivity (Wildman–Crippen MR) is 48.8 cm³/mol. The van der Waals surface area contributed by atoms with E-state index in [1.807, 2.05) is 0 Å². The average Bonchev–Trinajstić information content (AvgIpc) is 2.06. The average molecular weight is 239 g/mol. The fourth-order valence-corrected chi connectivity index (χ4v) is 1.47. The largest absolute Gasteiger partial charge is 0.408 e. The summed E-state index contributed by atoms with van der Waals surface area (Å²) in [5, 5.41) is 0. The van der Waals surface area contributed by atoms with E-state index < -0.39 is 29.4 Å². The molecule has 0 bridgehead atoms. The molecule has 1 atom stereocenters. The molecule has 0 saturated heterocycles. The van der Waals surface area contributed by atoms with Gasteiger partial charge in [0.25, 0.3) is 0 Å². The predicted octanol–water partition coefficient (Wildman–Crippen LogP) is 3.13. The third kappa shape index (κ3) is 2.69. The standard InChI is InChI=1S/C10H10F5N/c1-16(2)9(10(13,14)15)7-4-3-6(11)5-8(7)12/h3-5,9H,1-2H3. The maximum atomic E-state index is 13.2. The second-order valence-corrected chi connectivity index (χ2v) is 3.57. The number of nitrogens with zero attached hydrogens (tertiary/aromatic N) is 1. The molecule has 1 unspecified atom stereocenters. The van der Waals surface area contributed by atoms with Gasteiger partial charge >= 0.3 is 6.18 Å². The van der Waals surface area contributed by atoms with Crippen molar-refractivity contribution in [1.29, 1.82) is 0 Å². The van der Waals surface area contributed by atoms with Crippen molar-refractivity contribution in [2.75, 3.05) is 14.1 Å². The fourth-order valence-electron chi connectivity index (χ4n) is 1.47. The van der Waals surface area contributed by atoms with Gasteiger partial charge in [0.15, 0.2) is 0 Å². The van der Waals surface area contributed by atoms with E-state index in [4.69, 9.17) is 0 Å². The highest BCUT2D eigenvalue weighted by molar-refractivity contribution is 5.23. The molecule has 1 rings (SSSR count). The normalized spacial score (nSPS) is 14.2. The van der Waals surface area contributed by atoms with Crippen LogP contribution in [0.4, 0.5) is 22.0 Å². The third-order valence-corrected chi connectivity index (χ3v) is 2.08. The highest BCUT2D eigenvalue weighted by atomic mass is 19.4. The Hall–Kier alpha value is -1.17. The molecule has 16 heavy (non-hydrogen) atoms. The molecule has 0 aliphatic heterocycles. The molecule has 0 fully saturated rings. The minimum Gasteiger partial charge on any atom is -0.295 e. The highest BCUT2D eigenvalue weighted by Crippen LogP contribution is 2.37. The summed E-state index contributed by atoms with van der Waals surface area (Å²) in [7, 11) is 2.36. The van der Waals surface area contributed by atoms with Gasteiger partial charge in [-0.25, -0.2) is 8.78 Å². The number of hydrogen-bond donors (Lipinski definition) is 0. The van der Waals surface area contributed by atoms with Crippen molar-refractivity contribution >= 4 is 0 Å². The van der Waals surface area contributed by atoms with E-state index in [1.165, 1.54) is 14.1 Å². The van der Waals surface area contributed by atoms with Gasteiger partial charge in [0, 0.05) is 11.6 Å². The van der Waals surface area contributed by atoms with Gasteiger partial charge in [-0.15, -0.1) is 0 Å². The van der Waals surface area contributed by atoms with E-state index in [0.29, 0.717) is 6.07 Å². The molecule has 0 heterocycles. The van der Waals surface area contributed by atoms with E-state index in [9.17, 15) is 22.0 Å². The number of rotatable bonds is 2. The summed E-state index contributed by atoms with van der Waals surface area (Å²) in [6.07, 6.45) is -4.61. The summed E-state index contributed by atoms with van der Waals surface area (Å²) in [4.78, 5) is 0.830. The van der Waals surface area contributed by atoms with Gasteiger partial charge in [0.1, 0.15) is 17.7 Å². The van der Waals surface area contributed by atoms with Crippen molar-refractivity contribution in [3.63, 3.8) is 0 Å². The Morgan fingerprint density at radius 3 is 2.06 bits per heavy atom. The van der Waals surface area contributed by atoms with Crippen LogP contribution in [0.1, 0.15) is 11.6 Å². The Morgan fingerprint density at radius 1 is 1.12 bits per heavy atom. The SMILES string of the molecule is CN(C)C(c1ccc(F)cc1F)C(F)(F)F. The van der Waals surface area contributed by atoms with E-state index >= 15 is 0 Å². The summed E-state index contributed by atoms with van der Waals surface area (Å²) in [5.74, 6) is -2.10. The van der Waals surface area contributed by atoms with Gasteiger partial charge in [-0.1, -0.05) is 6.07 Å². The zero-order valence-corrected chi connectivity index (χ0v) is 8.65. The van der Waals surface area contributed by atoms with Crippen molar-refractivity contribution in [1.82, 2.24) is 4.90 Å². The lowest BCUT2D eigenvalue weighted by Crippen LogP contribution is -2.34. The number of halogens is 5. The van der Waals surface area contributed by atoms with Gasteiger partial charge < -0.3 is 0 Å². The Balaban J connectivity index is 3.22. The number of alkyl halides is 3. The van der Waals surface area contributed by atoms with E-state index in [1.54, 1.807) is 0 Å².